The van der Waals surface area contributed by atoms with Gasteiger partial charge in [0.1, 0.15) is 5.75 Å². The van der Waals surface area contributed by atoms with E-state index in [0.717, 1.165) is 28.7 Å². The Labute approximate surface area is 206 Å². The minimum Gasteiger partial charge on any atom is -0.426 e. The largest absolute Gasteiger partial charge is 0.426 e. The van der Waals surface area contributed by atoms with Crippen LogP contribution in [0.25, 0.3) is 11.1 Å². The number of rotatable bonds is 7. The molecule has 0 spiro atoms. The summed E-state index contributed by atoms with van der Waals surface area (Å²) in [5.74, 6) is 0.597. The zero-order valence-corrected chi connectivity index (χ0v) is 22.7. The summed E-state index contributed by atoms with van der Waals surface area (Å²) < 4.78 is 5.84. The average Bonchev–Trinajstić information content (AvgIpc) is 2.78. The molecule has 0 unspecified atom stereocenters. The molecule has 0 aliphatic carbocycles. The SMILES string of the molecule is CCC(C)(C)c1ccc(-c2ccccc2C(C)(C)c2ccccc2)c(C(C)(C)C)c1OP(O)O. The molecule has 0 aliphatic heterocycles. The molecule has 0 radical (unpaired) electrons. The fourth-order valence-electron chi connectivity index (χ4n) is 4.72. The van der Waals surface area contributed by atoms with Gasteiger partial charge >= 0.3 is 8.60 Å². The van der Waals surface area contributed by atoms with Crippen LogP contribution in [0.3, 0.4) is 0 Å². The molecule has 0 saturated heterocycles. The summed E-state index contributed by atoms with van der Waals surface area (Å²) in [7, 11) is -2.56. The molecule has 0 amide bonds. The van der Waals surface area contributed by atoms with Gasteiger partial charge in [0.25, 0.3) is 0 Å². The highest BCUT2D eigenvalue weighted by molar-refractivity contribution is 7.39. The Kier molecular flexibility index (Phi) is 7.63. The van der Waals surface area contributed by atoms with Crippen LogP contribution in [-0.2, 0) is 16.2 Å². The van der Waals surface area contributed by atoms with Gasteiger partial charge in [-0.15, -0.1) is 0 Å². The van der Waals surface area contributed by atoms with Crippen LogP contribution >= 0.6 is 8.60 Å². The summed E-state index contributed by atoms with van der Waals surface area (Å²) in [5, 5.41) is 0. The van der Waals surface area contributed by atoms with E-state index in [2.05, 4.69) is 116 Å². The third-order valence-corrected chi connectivity index (χ3v) is 7.43. The second kappa shape index (κ2) is 9.82. The van der Waals surface area contributed by atoms with E-state index < -0.39 is 8.60 Å². The molecule has 0 heterocycles. The molecule has 4 heteroatoms. The molecule has 34 heavy (non-hydrogen) atoms. The van der Waals surface area contributed by atoms with Crippen molar-refractivity contribution in [2.45, 2.75) is 78.1 Å². The van der Waals surface area contributed by atoms with Gasteiger partial charge in [-0.25, -0.2) is 0 Å². The molecule has 0 aliphatic rings. The van der Waals surface area contributed by atoms with Crippen molar-refractivity contribution >= 4 is 8.60 Å². The van der Waals surface area contributed by atoms with Crippen molar-refractivity contribution in [3.63, 3.8) is 0 Å². The second-order valence-electron chi connectivity index (χ2n) is 11.2. The van der Waals surface area contributed by atoms with E-state index in [4.69, 9.17) is 4.52 Å². The van der Waals surface area contributed by atoms with Crippen molar-refractivity contribution in [2.24, 2.45) is 0 Å². The fourth-order valence-corrected chi connectivity index (χ4v) is 5.08. The summed E-state index contributed by atoms with van der Waals surface area (Å²) in [6.07, 6.45) is 0.901. The van der Waals surface area contributed by atoms with Crippen molar-refractivity contribution in [3.05, 3.63) is 89.0 Å². The van der Waals surface area contributed by atoms with Crippen LogP contribution in [0.4, 0.5) is 0 Å². The average molecular weight is 479 g/mol. The van der Waals surface area contributed by atoms with E-state index in [-0.39, 0.29) is 16.2 Å². The van der Waals surface area contributed by atoms with Gasteiger partial charge in [0.15, 0.2) is 0 Å². The number of hydrogen-bond acceptors (Lipinski definition) is 3. The van der Waals surface area contributed by atoms with E-state index in [1.165, 1.54) is 11.1 Å². The van der Waals surface area contributed by atoms with Gasteiger partial charge in [-0.3, -0.25) is 0 Å². The zero-order chi connectivity index (χ0) is 25.3. The topological polar surface area (TPSA) is 49.7 Å². The summed E-state index contributed by atoms with van der Waals surface area (Å²) >= 11 is 0. The maximum Gasteiger partial charge on any atom is 0.391 e. The lowest BCUT2D eigenvalue weighted by Crippen LogP contribution is -2.23. The normalized spacial score (nSPS) is 12.8. The minimum atomic E-state index is -2.56. The highest BCUT2D eigenvalue weighted by Crippen LogP contribution is 2.50. The molecule has 0 aromatic heterocycles. The number of benzene rings is 3. The molecule has 3 aromatic carbocycles. The molecule has 0 atom stereocenters. The first-order valence-corrected chi connectivity index (χ1v) is 13.2. The van der Waals surface area contributed by atoms with Crippen molar-refractivity contribution in [2.75, 3.05) is 0 Å². The van der Waals surface area contributed by atoms with Crippen LogP contribution in [0, 0.1) is 0 Å². The van der Waals surface area contributed by atoms with Crippen LogP contribution in [0.15, 0.2) is 66.7 Å². The predicted octanol–water partition coefficient (Wildman–Crippen LogP) is 8.25. The van der Waals surface area contributed by atoms with Gasteiger partial charge in [-0.05, 0) is 39.5 Å². The molecular weight excluding hydrogens is 439 g/mol. The van der Waals surface area contributed by atoms with Gasteiger partial charge in [0.2, 0.25) is 0 Å². The first-order chi connectivity index (χ1) is 15.8. The number of hydrogen-bond donors (Lipinski definition) is 2. The second-order valence-corrected chi connectivity index (χ2v) is 11.9. The zero-order valence-electron chi connectivity index (χ0n) is 21.8. The molecule has 2 N–H and O–H groups in total. The summed E-state index contributed by atoms with van der Waals surface area (Å²) in [5.41, 5.74) is 5.96. The first-order valence-electron chi connectivity index (χ1n) is 12.0. The van der Waals surface area contributed by atoms with Crippen molar-refractivity contribution in [3.8, 4) is 16.9 Å². The Hall–Kier alpha value is -2.19. The van der Waals surface area contributed by atoms with E-state index in [9.17, 15) is 9.79 Å². The van der Waals surface area contributed by atoms with Gasteiger partial charge < -0.3 is 14.3 Å². The van der Waals surface area contributed by atoms with Gasteiger partial charge in [0, 0.05) is 16.5 Å². The molecule has 0 fully saturated rings. The van der Waals surface area contributed by atoms with E-state index in [0.29, 0.717) is 5.75 Å². The maximum absolute atomic E-state index is 9.95. The van der Waals surface area contributed by atoms with Gasteiger partial charge in [-0.1, -0.05) is 122 Å². The molecule has 0 saturated carbocycles. The molecule has 3 rings (SSSR count). The van der Waals surface area contributed by atoms with Gasteiger partial charge in [0.05, 0.1) is 0 Å². The van der Waals surface area contributed by atoms with Crippen molar-refractivity contribution in [1.82, 2.24) is 0 Å². The van der Waals surface area contributed by atoms with Crippen LogP contribution in [-0.4, -0.2) is 9.79 Å². The Morgan fingerprint density at radius 3 is 1.85 bits per heavy atom. The minimum absolute atomic E-state index is 0.179. The smallest absolute Gasteiger partial charge is 0.391 e. The van der Waals surface area contributed by atoms with Crippen LogP contribution < -0.4 is 4.52 Å². The Morgan fingerprint density at radius 2 is 1.29 bits per heavy atom. The fraction of sp³-hybridized carbons (Fsp3) is 0.400. The lowest BCUT2D eigenvalue weighted by Gasteiger charge is -2.34. The molecule has 3 nitrogen and oxygen atoms in total. The summed E-state index contributed by atoms with van der Waals surface area (Å²) in [4.78, 5) is 19.9. The molecule has 0 bridgehead atoms. The Balaban J connectivity index is 2.38. The van der Waals surface area contributed by atoms with Crippen LogP contribution in [0.2, 0.25) is 0 Å². The first kappa shape index (κ1) is 26.4. The lowest BCUT2D eigenvalue weighted by molar-refractivity contribution is 0.361. The summed E-state index contributed by atoms with van der Waals surface area (Å²) in [6.45, 7) is 17.5. The van der Waals surface area contributed by atoms with Crippen molar-refractivity contribution in [1.29, 1.82) is 0 Å². The Morgan fingerprint density at radius 1 is 0.706 bits per heavy atom. The van der Waals surface area contributed by atoms with E-state index >= 15 is 0 Å². The van der Waals surface area contributed by atoms with Gasteiger partial charge in [-0.2, -0.15) is 0 Å². The quantitative estimate of drug-likeness (QED) is 0.336. The standard InChI is InChI=1S/C30H39O3P/c1-9-29(5,6)25-20-19-23(26(28(2,3)4)27(25)33-34(31)32)22-17-13-14-18-24(22)30(7,8)21-15-11-10-12-16-21/h10-20,31-32H,9H2,1-8H3. The maximum atomic E-state index is 9.95. The highest BCUT2D eigenvalue weighted by Gasteiger charge is 2.34. The van der Waals surface area contributed by atoms with Crippen LogP contribution in [0.5, 0.6) is 5.75 Å². The molecule has 182 valence electrons. The highest BCUT2D eigenvalue weighted by atomic mass is 31.2. The lowest BCUT2D eigenvalue weighted by atomic mass is 9.71. The Bertz CT molecular complexity index is 1130. The third-order valence-electron chi connectivity index (χ3n) is 7.08. The van der Waals surface area contributed by atoms with E-state index in [1.54, 1.807) is 0 Å². The summed E-state index contributed by atoms with van der Waals surface area (Å²) in [6, 6.07) is 23.4. The van der Waals surface area contributed by atoms with Crippen molar-refractivity contribution < 1.29 is 14.3 Å². The van der Waals surface area contributed by atoms with E-state index in [1.807, 2.05) is 6.07 Å². The monoisotopic (exact) mass is 478 g/mol. The molecular formula is C30H39O3P. The predicted molar refractivity (Wildman–Crippen MR) is 144 cm³/mol. The molecule has 3 aromatic rings. The van der Waals surface area contributed by atoms with Crippen LogP contribution in [0.1, 0.15) is 84.1 Å². The third kappa shape index (κ3) is 5.23.